The van der Waals surface area contributed by atoms with Crippen molar-refractivity contribution in [2.75, 3.05) is 6.61 Å². The summed E-state index contributed by atoms with van der Waals surface area (Å²) in [5.74, 6) is -0.0453. The van der Waals surface area contributed by atoms with E-state index in [-0.39, 0.29) is 40.1 Å². The van der Waals surface area contributed by atoms with Crippen LogP contribution in [0, 0.1) is 17.3 Å². The number of aromatic hydroxyl groups is 1. The normalized spacial score (nSPS) is 24.5. The Bertz CT molecular complexity index is 838. The molecule has 0 amide bonds. The summed E-state index contributed by atoms with van der Waals surface area (Å²) < 4.78 is 5.71. The highest BCUT2D eigenvalue weighted by Crippen LogP contribution is 2.64. The Hall–Kier alpha value is -2.04. The van der Waals surface area contributed by atoms with Gasteiger partial charge in [-0.25, -0.2) is 4.79 Å². The number of aliphatic carboxylic acids is 1. The van der Waals surface area contributed by atoms with Crippen LogP contribution >= 0.6 is 0 Å². The molecule has 3 atom stereocenters. The second kappa shape index (κ2) is 8.84. The highest BCUT2D eigenvalue weighted by Gasteiger charge is 2.59. The maximum Gasteiger partial charge on any atom is 0.341 e. The fraction of sp³-hybridized carbons (Fsp3) is 0.692. The third kappa shape index (κ3) is 4.61. The molecular weight excluding hydrogens is 392 g/mol. The lowest BCUT2D eigenvalue weighted by atomic mass is 9.44. The van der Waals surface area contributed by atoms with Crippen LogP contribution < -0.4 is 4.74 Å². The smallest absolute Gasteiger partial charge is 0.341 e. The Morgan fingerprint density at radius 3 is 2.52 bits per heavy atom. The first-order valence-corrected chi connectivity index (χ1v) is 11.7. The molecule has 2 N–H and O–H groups in total. The van der Waals surface area contributed by atoms with E-state index in [2.05, 4.69) is 34.6 Å². The fourth-order valence-electron chi connectivity index (χ4n) is 5.77. The molecule has 3 aliphatic rings. The zero-order valence-corrected chi connectivity index (χ0v) is 19.7. The lowest BCUT2D eigenvalue weighted by Crippen LogP contribution is -2.56. The van der Waals surface area contributed by atoms with Crippen molar-refractivity contribution in [3.8, 4) is 11.5 Å². The second-order valence-electron chi connectivity index (χ2n) is 10.8. The molecule has 3 saturated carbocycles. The van der Waals surface area contributed by atoms with E-state index in [4.69, 9.17) is 4.74 Å². The van der Waals surface area contributed by atoms with Gasteiger partial charge >= 0.3 is 5.97 Å². The van der Waals surface area contributed by atoms with Crippen LogP contribution in [0.1, 0.15) is 96.6 Å². The molecule has 172 valence electrons. The van der Waals surface area contributed by atoms with Crippen molar-refractivity contribution >= 4 is 11.8 Å². The number of carboxylic acid groups (broad SMARTS) is 1. The summed E-state index contributed by atoms with van der Waals surface area (Å²) in [6.07, 6.45) is 6.86. The van der Waals surface area contributed by atoms with Crippen LogP contribution in [0.4, 0.5) is 0 Å². The summed E-state index contributed by atoms with van der Waals surface area (Å²) in [6.45, 7) is 10.3. The summed E-state index contributed by atoms with van der Waals surface area (Å²) in [6, 6.07) is 3.71. The maximum absolute atomic E-state index is 12.7. The monoisotopic (exact) mass is 430 g/mol. The number of hydrogen-bond acceptors (Lipinski definition) is 4. The van der Waals surface area contributed by atoms with Gasteiger partial charge in [0, 0.05) is 23.8 Å². The van der Waals surface area contributed by atoms with Gasteiger partial charge in [-0.05, 0) is 47.3 Å². The van der Waals surface area contributed by atoms with Gasteiger partial charge in [0.05, 0.1) is 0 Å². The molecule has 5 nitrogen and oxygen atoms in total. The molecule has 3 fully saturated rings. The number of ketones is 1. The average molecular weight is 431 g/mol. The third-order valence-electron chi connectivity index (χ3n) is 7.92. The van der Waals surface area contributed by atoms with Gasteiger partial charge in [-0.2, -0.15) is 0 Å². The highest BCUT2D eigenvalue weighted by atomic mass is 16.5. The van der Waals surface area contributed by atoms with Gasteiger partial charge in [0.15, 0.2) is 6.61 Å². The first-order chi connectivity index (χ1) is 14.5. The first-order valence-electron chi connectivity index (χ1n) is 11.7. The molecule has 2 unspecified atom stereocenters. The van der Waals surface area contributed by atoms with E-state index in [1.807, 2.05) is 12.1 Å². The molecular formula is C26H38O5. The number of carbonyl (C=O) groups excluding carboxylic acids is 1. The van der Waals surface area contributed by atoms with Crippen LogP contribution in [-0.4, -0.2) is 28.6 Å². The number of ether oxygens (including phenoxy) is 1. The van der Waals surface area contributed by atoms with Crippen LogP contribution in [0.3, 0.4) is 0 Å². The Labute approximate surface area is 186 Å². The van der Waals surface area contributed by atoms with E-state index < -0.39 is 12.6 Å². The van der Waals surface area contributed by atoms with E-state index in [9.17, 15) is 19.8 Å². The summed E-state index contributed by atoms with van der Waals surface area (Å²) >= 11 is 0. The average Bonchev–Trinajstić information content (AvgIpc) is 2.68. The number of Topliss-reactive ketones (excluding diaryl/α,β-unsaturated/α-hetero) is 1. The van der Waals surface area contributed by atoms with Crippen molar-refractivity contribution < 1.29 is 24.5 Å². The molecule has 1 aromatic carbocycles. The number of phenols is 1. The zero-order chi connectivity index (χ0) is 23.0. The van der Waals surface area contributed by atoms with Gasteiger partial charge in [0.2, 0.25) is 0 Å². The molecule has 3 aliphatic carbocycles. The number of unbranched alkanes of at least 4 members (excludes halogenated alkanes) is 3. The predicted octanol–water partition coefficient (Wildman–Crippen LogP) is 5.82. The number of fused-ring (bicyclic) bond motifs is 2. The van der Waals surface area contributed by atoms with Gasteiger partial charge in [-0.15, -0.1) is 0 Å². The lowest BCUT2D eigenvalue weighted by Gasteiger charge is -2.59. The molecule has 0 aliphatic heterocycles. The molecule has 0 saturated heterocycles. The van der Waals surface area contributed by atoms with E-state index in [1.165, 1.54) is 19.3 Å². The lowest BCUT2D eigenvalue weighted by molar-refractivity contribution is -0.152. The van der Waals surface area contributed by atoms with Crippen molar-refractivity contribution in [2.24, 2.45) is 17.3 Å². The van der Waals surface area contributed by atoms with Crippen molar-refractivity contribution in [2.45, 2.75) is 90.9 Å². The molecule has 31 heavy (non-hydrogen) atoms. The number of carboxylic acids is 1. The number of phenolic OH excluding ortho intramolecular Hbond substituents is 1. The summed E-state index contributed by atoms with van der Waals surface area (Å²) in [4.78, 5) is 23.9. The molecule has 2 bridgehead atoms. The molecule has 0 aromatic heterocycles. The number of benzene rings is 1. The number of rotatable bonds is 10. The van der Waals surface area contributed by atoms with Crippen molar-refractivity contribution in [3.05, 3.63) is 23.3 Å². The molecule has 0 spiro atoms. The second-order valence-corrected chi connectivity index (χ2v) is 10.8. The Morgan fingerprint density at radius 2 is 1.94 bits per heavy atom. The van der Waals surface area contributed by atoms with Crippen LogP contribution in [0.25, 0.3) is 0 Å². The molecule has 0 radical (unpaired) electrons. The summed E-state index contributed by atoms with van der Waals surface area (Å²) in [5, 5.41) is 20.3. The number of hydrogen-bond donors (Lipinski definition) is 2. The highest BCUT2D eigenvalue weighted by molar-refractivity contribution is 5.86. The van der Waals surface area contributed by atoms with Crippen molar-refractivity contribution in [3.63, 3.8) is 0 Å². The molecule has 5 heteroatoms. The minimum Gasteiger partial charge on any atom is -0.508 e. The van der Waals surface area contributed by atoms with Crippen LogP contribution in [0.15, 0.2) is 12.1 Å². The van der Waals surface area contributed by atoms with Crippen molar-refractivity contribution in [1.29, 1.82) is 0 Å². The van der Waals surface area contributed by atoms with Crippen LogP contribution in [0.2, 0.25) is 0 Å². The molecule has 4 rings (SSSR count). The zero-order valence-electron chi connectivity index (χ0n) is 19.7. The van der Waals surface area contributed by atoms with Gasteiger partial charge in [-0.1, -0.05) is 60.3 Å². The molecule has 0 heterocycles. The Kier molecular flexibility index (Phi) is 6.73. The fourth-order valence-corrected chi connectivity index (χ4v) is 5.77. The summed E-state index contributed by atoms with van der Waals surface area (Å²) in [7, 11) is 0. The minimum atomic E-state index is -1.06. The van der Waals surface area contributed by atoms with Gasteiger partial charge in [0.1, 0.15) is 17.3 Å². The standard InChI is InChI=1S/C26H38O5/c1-6-7-8-9-10-25(2,3)16-11-21(28)24(22(12-16)31-15-23(29)30)17-13-20(27)19-14-18(17)26(19,4)5/h11-12,17-19,28H,6-10,13-15H2,1-5H3,(H,29,30)/t17-,18?,19?/m0/s1. The Morgan fingerprint density at radius 1 is 1.23 bits per heavy atom. The topological polar surface area (TPSA) is 83.8 Å². The first kappa shape index (κ1) is 23.6. The van der Waals surface area contributed by atoms with E-state index in [0.717, 1.165) is 24.8 Å². The minimum absolute atomic E-state index is 0.0978. The maximum atomic E-state index is 12.7. The molecule has 1 aromatic rings. The number of carbonyl (C=O) groups is 2. The van der Waals surface area contributed by atoms with Crippen molar-refractivity contribution in [1.82, 2.24) is 0 Å². The predicted molar refractivity (Wildman–Crippen MR) is 121 cm³/mol. The Balaban J connectivity index is 1.96. The van der Waals surface area contributed by atoms with Gasteiger partial charge < -0.3 is 14.9 Å². The summed E-state index contributed by atoms with van der Waals surface area (Å²) in [5.41, 5.74) is 1.28. The third-order valence-corrected chi connectivity index (χ3v) is 7.92. The largest absolute Gasteiger partial charge is 0.508 e. The van der Waals surface area contributed by atoms with Crippen LogP contribution in [-0.2, 0) is 15.0 Å². The van der Waals surface area contributed by atoms with E-state index >= 15 is 0 Å². The van der Waals surface area contributed by atoms with Gasteiger partial charge in [0.25, 0.3) is 0 Å². The van der Waals surface area contributed by atoms with Gasteiger partial charge in [-0.3, -0.25) is 4.79 Å². The SMILES string of the molecule is CCCCCCC(C)(C)c1cc(O)c([C@H]2CC(=O)C3CC2C3(C)C)c(OCC(=O)O)c1. The quantitative estimate of drug-likeness (QED) is 0.457. The van der Waals surface area contributed by atoms with E-state index in [1.54, 1.807) is 0 Å². The van der Waals surface area contributed by atoms with E-state index in [0.29, 0.717) is 17.7 Å². The van der Waals surface area contributed by atoms with Crippen LogP contribution in [0.5, 0.6) is 11.5 Å².